The van der Waals surface area contributed by atoms with Crippen LogP contribution in [0.25, 0.3) is 0 Å². The minimum absolute atomic E-state index is 0.00685. The Labute approximate surface area is 88.9 Å². The van der Waals surface area contributed by atoms with Crippen LogP contribution in [0, 0.1) is 11.8 Å². The number of rotatable bonds is 2. The number of benzene rings is 1. The molecule has 2 aliphatic rings. The van der Waals surface area contributed by atoms with Gasteiger partial charge in [-0.05, 0) is 24.3 Å². The third-order valence-electron chi connectivity index (χ3n) is 4.19. The number of carbonyl (C=O) groups is 1. The Bertz CT molecular complexity index is 398. The normalized spacial score (nSPS) is 37.3. The van der Waals surface area contributed by atoms with Gasteiger partial charge in [-0.2, -0.15) is 0 Å². The van der Waals surface area contributed by atoms with E-state index in [1.807, 2.05) is 18.2 Å². The Balaban J connectivity index is 2.01. The van der Waals surface area contributed by atoms with Crippen molar-refractivity contribution in [1.82, 2.24) is 0 Å². The molecule has 0 unspecified atom stereocenters. The zero-order chi connectivity index (χ0) is 10.5. The molecule has 2 aliphatic carbocycles. The average molecular weight is 202 g/mol. The summed E-state index contributed by atoms with van der Waals surface area (Å²) in [6, 6.07) is 10.2. The highest BCUT2D eigenvalue weighted by atomic mass is 16.4. The van der Waals surface area contributed by atoms with Gasteiger partial charge in [-0.15, -0.1) is 0 Å². The van der Waals surface area contributed by atoms with Crippen LogP contribution in [0.3, 0.4) is 0 Å². The molecule has 0 heterocycles. The minimum atomic E-state index is -0.608. The maximum absolute atomic E-state index is 11.2. The Morgan fingerprint density at radius 3 is 2.67 bits per heavy atom. The molecule has 3 rings (SSSR count). The van der Waals surface area contributed by atoms with Crippen LogP contribution in [0.4, 0.5) is 0 Å². The van der Waals surface area contributed by atoms with Crippen molar-refractivity contribution < 1.29 is 9.90 Å². The van der Waals surface area contributed by atoms with Crippen LogP contribution in [-0.2, 0) is 10.2 Å². The molecule has 0 radical (unpaired) electrons. The highest BCUT2D eigenvalue weighted by molar-refractivity contribution is 5.78. The minimum Gasteiger partial charge on any atom is -0.481 e. The first kappa shape index (κ1) is 8.96. The zero-order valence-corrected chi connectivity index (χ0v) is 8.52. The smallest absolute Gasteiger partial charge is 0.307 e. The second-order valence-corrected chi connectivity index (χ2v) is 4.72. The monoisotopic (exact) mass is 202 g/mol. The van der Waals surface area contributed by atoms with Gasteiger partial charge in [0.1, 0.15) is 0 Å². The number of fused-ring (bicyclic) bond motifs is 1. The van der Waals surface area contributed by atoms with Gasteiger partial charge in [0.2, 0.25) is 0 Å². The van der Waals surface area contributed by atoms with Crippen molar-refractivity contribution in [2.24, 2.45) is 11.8 Å². The number of aliphatic carboxylic acids is 1. The number of hydrogen-bond donors (Lipinski definition) is 1. The summed E-state index contributed by atoms with van der Waals surface area (Å²) in [5.74, 6) is -0.324. The van der Waals surface area contributed by atoms with Crippen LogP contribution in [-0.4, -0.2) is 11.1 Å². The Hall–Kier alpha value is -1.31. The Kier molecular flexibility index (Phi) is 1.70. The Morgan fingerprint density at radius 1 is 1.33 bits per heavy atom. The van der Waals surface area contributed by atoms with Crippen molar-refractivity contribution in [3.8, 4) is 0 Å². The predicted molar refractivity (Wildman–Crippen MR) is 56.6 cm³/mol. The van der Waals surface area contributed by atoms with Gasteiger partial charge in [0, 0.05) is 5.41 Å². The molecule has 1 aromatic carbocycles. The van der Waals surface area contributed by atoms with Gasteiger partial charge >= 0.3 is 5.97 Å². The van der Waals surface area contributed by atoms with E-state index in [9.17, 15) is 9.90 Å². The van der Waals surface area contributed by atoms with Crippen molar-refractivity contribution in [2.45, 2.75) is 24.7 Å². The van der Waals surface area contributed by atoms with Gasteiger partial charge in [0.05, 0.1) is 5.92 Å². The maximum Gasteiger partial charge on any atom is 0.307 e. The van der Waals surface area contributed by atoms with E-state index in [1.54, 1.807) is 0 Å². The van der Waals surface area contributed by atoms with Crippen LogP contribution < -0.4 is 0 Å². The molecule has 0 amide bonds. The third-order valence-corrected chi connectivity index (χ3v) is 4.19. The SMILES string of the molecule is O=C(O)[C@@H]1[C@H]2CCC[C@]21c1ccccc1. The molecule has 0 saturated heterocycles. The molecule has 78 valence electrons. The van der Waals surface area contributed by atoms with Crippen molar-refractivity contribution in [3.05, 3.63) is 35.9 Å². The number of carboxylic acids is 1. The first-order chi connectivity index (χ1) is 7.27. The number of carboxylic acid groups (broad SMARTS) is 1. The second kappa shape index (κ2) is 2.84. The van der Waals surface area contributed by atoms with Crippen LogP contribution in [0.2, 0.25) is 0 Å². The highest BCUT2D eigenvalue weighted by Gasteiger charge is 2.70. The van der Waals surface area contributed by atoms with Gasteiger partial charge in [-0.25, -0.2) is 0 Å². The summed E-state index contributed by atoms with van der Waals surface area (Å²) in [6.45, 7) is 0. The zero-order valence-electron chi connectivity index (χ0n) is 8.52. The highest BCUT2D eigenvalue weighted by Crippen LogP contribution is 2.68. The van der Waals surface area contributed by atoms with E-state index in [0.717, 1.165) is 12.8 Å². The van der Waals surface area contributed by atoms with E-state index in [4.69, 9.17) is 0 Å². The first-order valence-electron chi connectivity index (χ1n) is 5.55. The van der Waals surface area contributed by atoms with Crippen molar-refractivity contribution in [3.63, 3.8) is 0 Å². The van der Waals surface area contributed by atoms with Crippen LogP contribution >= 0.6 is 0 Å². The standard InChI is InChI=1S/C13H14O2/c14-12(15)11-10-7-4-8-13(10,11)9-5-2-1-3-6-9/h1-3,5-6,10-11H,4,7-8H2,(H,14,15)/t10-,11+,13+/m1/s1. The molecule has 0 spiro atoms. The number of hydrogen-bond acceptors (Lipinski definition) is 1. The first-order valence-corrected chi connectivity index (χ1v) is 5.55. The fourth-order valence-corrected chi connectivity index (χ4v) is 3.58. The third kappa shape index (κ3) is 1.02. The lowest BCUT2D eigenvalue weighted by atomic mass is 9.90. The molecular formula is C13H14O2. The lowest BCUT2D eigenvalue weighted by Crippen LogP contribution is -2.14. The molecule has 15 heavy (non-hydrogen) atoms. The van der Waals surface area contributed by atoms with Crippen LogP contribution in [0.5, 0.6) is 0 Å². The average Bonchev–Trinajstić information content (AvgIpc) is 2.72. The molecule has 2 fully saturated rings. The Morgan fingerprint density at radius 2 is 2.07 bits per heavy atom. The summed E-state index contributed by atoms with van der Waals surface area (Å²) in [6.07, 6.45) is 3.33. The van der Waals surface area contributed by atoms with Gasteiger partial charge in [-0.1, -0.05) is 36.8 Å². The summed E-state index contributed by atoms with van der Waals surface area (Å²) < 4.78 is 0. The summed E-state index contributed by atoms with van der Waals surface area (Å²) in [7, 11) is 0. The van der Waals surface area contributed by atoms with Gasteiger partial charge in [-0.3, -0.25) is 4.79 Å². The van der Waals surface area contributed by atoms with E-state index in [0.29, 0.717) is 5.92 Å². The molecule has 2 heteroatoms. The lowest BCUT2D eigenvalue weighted by Gasteiger charge is -2.13. The lowest BCUT2D eigenvalue weighted by molar-refractivity contribution is -0.139. The summed E-state index contributed by atoms with van der Waals surface area (Å²) >= 11 is 0. The molecular weight excluding hydrogens is 188 g/mol. The van der Waals surface area contributed by atoms with Crippen molar-refractivity contribution in [1.29, 1.82) is 0 Å². The summed E-state index contributed by atoms with van der Waals surface area (Å²) in [5, 5.41) is 9.19. The van der Waals surface area contributed by atoms with E-state index in [2.05, 4.69) is 12.1 Å². The largest absolute Gasteiger partial charge is 0.481 e. The van der Waals surface area contributed by atoms with E-state index < -0.39 is 5.97 Å². The summed E-state index contributed by atoms with van der Waals surface area (Å²) in [4.78, 5) is 11.2. The quantitative estimate of drug-likeness (QED) is 0.799. The molecule has 2 nitrogen and oxygen atoms in total. The van der Waals surface area contributed by atoms with Gasteiger partial charge in [0.15, 0.2) is 0 Å². The second-order valence-electron chi connectivity index (χ2n) is 4.72. The van der Waals surface area contributed by atoms with Crippen LogP contribution in [0.1, 0.15) is 24.8 Å². The van der Waals surface area contributed by atoms with E-state index in [-0.39, 0.29) is 11.3 Å². The molecule has 0 aromatic heterocycles. The van der Waals surface area contributed by atoms with E-state index >= 15 is 0 Å². The van der Waals surface area contributed by atoms with Gasteiger partial charge < -0.3 is 5.11 Å². The molecule has 1 aromatic rings. The van der Waals surface area contributed by atoms with Crippen molar-refractivity contribution in [2.75, 3.05) is 0 Å². The summed E-state index contributed by atoms with van der Waals surface area (Å²) in [5.41, 5.74) is 1.23. The molecule has 0 bridgehead atoms. The fourth-order valence-electron chi connectivity index (χ4n) is 3.58. The maximum atomic E-state index is 11.2. The molecule has 1 N–H and O–H groups in total. The molecule has 2 saturated carbocycles. The molecule has 0 aliphatic heterocycles. The van der Waals surface area contributed by atoms with Gasteiger partial charge in [0.25, 0.3) is 0 Å². The van der Waals surface area contributed by atoms with E-state index in [1.165, 1.54) is 12.0 Å². The van der Waals surface area contributed by atoms with Crippen LogP contribution in [0.15, 0.2) is 30.3 Å². The molecule has 3 atom stereocenters. The predicted octanol–water partition coefficient (Wildman–Crippen LogP) is 2.44. The fraction of sp³-hybridized carbons (Fsp3) is 0.462. The topological polar surface area (TPSA) is 37.3 Å². The van der Waals surface area contributed by atoms with Crippen molar-refractivity contribution >= 4 is 5.97 Å².